The van der Waals surface area contributed by atoms with E-state index in [1.54, 1.807) is 0 Å². The highest BCUT2D eigenvalue weighted by molar-refractivity contribution is 5.84. The van der Waals surface area contributed by atoms with Gasteiger partial charge in [0.1, 0.15) is 11.6 Å². The third kappa shape index (κ3) is 3.68. The fourth-order valence-corrected chi connectivity index (χ4v) is 3.08. The van der Waals surface area contributed by atoms with Crippen LogP contribution in [-0.2, 0) is 6.42 Å². The molecule has 5 nitrogen and oxygen atoms in total. The van der Waals surface area contributed by atoms with E-state index in [1.807, 2.05) is 18.5 Å². The predicted molar refractivity (Wildman–Crippen MR) is 109 cm³/mol. The number of pyridine rings is 2. The molecule has 3 aromatic rings. The monoisotopic (exact) mass is 347 g/mol. The standard InChI is InChI=1S/C21H25N5/c1-3-17-18(16-8-9-19(25-12-16)24-11-10-22)13-26-21(23)20(17)15-6-4-14(2)5-7-15/h4-9,12-13H,3,10-11,22H2,1-2H3,(H2,23,26)(H,24,25). The first-order valence-electron chi connectivity index (χ1n) is 8.88. The van der Waals surface area contributed by atoms with Crippen LogP contribution in [0.1, 0.15) is 18.1 Å². The van der Waals surface area contributed by atoms with Crippen molar-refractivity contribution in [1.82, 2.24) is 9.97 Å². The van der Waals surface area contributed by atoms with Gasteiger partial charge in [0.25, 0.3) is 0 Å². The van der Waals surface area contributed by atoms with Crippen LogP contribution in [-0.4, -0.2) is 23.1 Å². The van der Waals surface area contributed by atoms with Gasteiger partial charge in [-0.15, -0.1) is 0 Å². The van der Waals surface area contributed by atoms with Crippen LogP contribution in [0.5, 0.6) is 0 Å². The molecular weight excluding hydrogens is 322 g/mol. The molecule has 0 aliphatic carbocycles. The lowest BCUT2D eigenvalue weighted by Gasteiger charge is -2.16. The summed E-state index contributed by atoms with van der Waals surface area (Å²) in [5.41, 5.74) is 18.4. The Bertz CT molecular complexity index is 870. The Morgan fingerprint density at radius 1 is 0.962 bits per heavy atom. The van der Waals surface area contributed by atoms with Crippen molar-refractivity contribution in [2.45, 2.75) is 20.3 Å². The molecule has 0 saturated carbocycles. The van der Waals surface area contributed by atoms with Crippen LogP contribution in [0.15, 0.2) is 48.8 Å². The molecule has 2 heterocycles. The Balaban J connectivity index is 2.05. The minimum Gasteiger partial charge on any atom is -0.383 e. The minimum atomic E-state index is 0.559. The number of nitrogens with zero attached hydrogens (tertiary/aromatic N) is 2. The van der Waals surface area contributed by atoms with Crippen LogP contribution in [0.3, 0.4) is 0 Å². The van der Waals surface area contributed by atoms with E-state index in [4.69, 9.17) is 11.5 Å². The number of hydrogen-bond acceptors (Lipinski definition) is 5. The van der Waals surface area contributed by atoms with Crippen molar-refractivity contribution < 1.29 is 0 Å². The summed E-state index contributed by atoms with van der Waals surface area (Å²) in [7, 11) is 0. The highest BCUT2D eigenvalue weighted by Gasteiger charge is 2.15. The average Bonchev–Trinajstić information content (AvgIpc) is 2.67. The number of rotatable bonds is 6. The molecule has 0 aliphatic rings. The van der Waals surface area contributed by atoms with E-state index in [0.717, 1.165) is 34.5 Å². The summed E-state index contributed by atoms with van der Waals surface area (Å²) in [5, 5.41) is 3.18. The van der Waals surface area contributed by atoms with Gasteiger partial charge in [-0.2, -0.15) is 0 Å². The van der Waals surface area contributed by atoms with Gasteiger partial charge in [0.2, 0.25) is 0 Å². The molecule has 0 aliphatic heterocycles. The van der Waals surface area contributed by atoms with Gasteiger partial charge in [0, 0.05) is 42.2 Å². The van der Waals surface area contributed by atoms with Gasteiger partial charge in [-0.25, -0.2) is 9.97 Å². The van der Waals surface area contributed by atoms with E-state index in [1.165, 1.54) is 11.1 Å². The topological polar surface area (TPSA) is 89.8 Å². The second-order valence-electron chi connectivity index (χ2n) is 6.28. The minimum absolute atomic E-state index is 0.559. The van der Waals surface area contributed by atoms with Crippen LogP contribution in [0.2, 0.25) is 0 Å². The number of nitrogen functional groups attached to an aromatic ring is 1. The maximum atomic E-state index is 6.24. The Hall–Kier alpha value is -2.92. The molecule has 0 saturated heterocycles. The zero-order valence-electron chi connectivity index (χ0n) is 15.3. The molecular formula is C21H25N5. The first kappa shape index (κ1) is 17.9. The molecule has 1 aromatic carbocycles. The molecule has 0 bridgehead atoms. The van der Waals surface area contributed by atoms with Gasteiger partial charge in [0.05, 0.1) is 0 Å². The quantitative estimate of drug-likeness (QED) is 0.633. The summed E-state index contributed by atoms with van der Waals surface area (Å²) in [6, 6.07) is 12.4. The number of benzene rings is 1. The molecule has 0 fully saturated rings. The summed E-state index contributed by atoms with van der Waals surface area (Å²) in [6.07, 6.45) is 4.57. The number of aryl methyl sites for hydroxylation is 1. The molecule has 5 heteroatoms. The second kappa shape index (κ2) is 7.97. The third-order valence-electron chi connectivity index (χ3n) is 4.43. The molecule has 0 atom stereocenters. The van der Waals surface area contributed by atoms with E-state index >= 15 is 0 Å². The maximum absolute atomic E-state index is 6.24. The summed E-state index contributed by atoms with van der Waals surface area (Å²) in [6.45, 7) is 5.49. The summed E-state index contributed by atoms with van der Waals surface area (Å²) in [4.78, 5) is 8.93. The number of nitrogens with two attached hydrogens (primary N) is 2. The van der Waals surface area contributed by atoms with Crippen molar-refractivity contribution in [2.75, 3.05) is 24.1 Å². The van der Waals surface area contributed by atoms with E-state index in [9.17, 15) is 0 Å². The molecule has 3 rings (SSSR count). The van der Waals surface area contributed by atoms with E-state index < -0.39 is 0 Å². The molecule has 0 unspecified atom stereocenters. The Morgan fingerprint density at radius 2 is 1.69 bits per heavy atom. The van der Waals surface area contributed by atoms with Crippen molar-refractivity contribution in [1.29, 1.82) is 0 Å². The molecule has 5 N–H and O–H groups in total. The van der Waals surface area contributed by atoms with E-state index in [2.05, 4.69) is 59.5 Å². The third-order valence-corrected chi connectivity index (χ3v) is 4.43. The van der Waals surface area contributed by atoms with Gasteiger partial charge < -0.3 is 16.8 Å². The van der Waals surface area contributed by atoms with Crippen LogP contribution in [0.4, 0.5) is 11.6 Å². The normalized spacial score (nSPS) is 10.7. The Labute approximate surface area is 154 Å². The summed E-state index contributed by atoms with van der Waals surface area (Å²) < 4.78 is 0. The van der Waals surface area contributed by atoms with Crippen molar-refractivity contribution in [3.63, 3.8) is 0 Å². The molecule has 0 radical (unpaired) electrons. The zero-order valence-corrected chi connectivity index (χ0v) is 15.3. The van der Waals surface area contributed by atoms with Crippen molar-refractivity contribution in [3.05, 3.63) is 59.9 Å². The molecule has 134 valence electrons. The first-order chi connectivity index (χ1) is 12.6. The van der Waals surface area contributed by atoms with Crippen molar-refractivity contribution in [2.24, 2.45) is 5.73 Å². The smallest absolute Gasteiger partial charge is 0.131 e. The summed E-state index contributed by atoms with van der Waals surface area (Å²) in [5.74, 6) is 1.38. The second-order valence-corrected chi connectivity index (χ2v) is 6.28. The Kier molecular flexibility index (Phi) is 5.49. The van der Waals surface area contributed by atoms with Crippen LogP contribution in [0, 0.1) is 6.92 Å². The highest BCUT2D eigenvalue weighted by atomic mass is 15.0. The maximum Gasteiger partial charge on any atom is 0.131 e. The van der Waals surface area contributed by atoms with E-state index in [0.29, 0.717) is 18.9 Å². The number of anilines is 2. The van der Waals surface area contributed by atoms with Crippen molar-refractivity contribution in [3.8, 4) is 22.3 Å². The molecule has 0 spiro atoms. The van der Waals surface area contributed by atoms with Crippen LogP contribution < -0.4 is 16.8 Å². The van der Waals surface area contributed by atoms with Gasteiger partial charge in [-0.3, -0.25) is 0 Å². The van der Waals surface area contributed by atoms with Crippen molar-refractivity contribution >= 4 is 11.6 Å². The van der Waals surface area contributed by atoms with E-state index in [-0.39, 0.29) is 0 Å². The molecule has 2 aromatic heterocycles. The fraction of sp³-hybridized carbons (Fsp3) is 0.238. The molecule has 26 heavy (non-hydrogen) atoms. The Morgan fingerprint density at radius 3 is 2.31 bits per heavy atom. The van der Waals surface area contributed by atoms with Gasteiger partial charge in [0.15, 0.2) is 0 Å². The fourth-order valence-electron chi connectivity index (χ4n) is 3.08. The highest BCUT2D eigenvalue weighted by Crippen LogP contribution is 2.35. The van der Waals surface area contributed by atoms with Crippen LogP contribution >= 0.6 is 0 Å². The number of nitrogens with one attached hydrogen (secondary N) is 1. The largest absolute Gasteiger partial charge is 0.383 e. The zero-order chi connectivity index (χ0) is 18.5. The average molecular weight is 347 g/mol. The first-order valence-corrected chi connectivity index (χ1v) is 8.88. The van der Waals surface area contributed by atoms with Gasteiger partial charge in [-0.05, 0) is 36.6 Å². The van der Waals surface area contributed by atoms with Gasteiger partial charge >= 0.3 is 0 Å². The van der Waals surface area contributed by atoms with Crippen LogP contribution in [0.25, 0.3) is 22.3 Å². The predicted octanol–water partition coefficient (Wildman–Crippen LogP) is 3.63. The number of hydrogen-bond donors (Lipinski definition) is 3. The SMILES string of the molecule is CCc1c(-c2ccc(NCCN)nc2)cnc(N)c1-c1ccc(C)cc1. The number of aromatic nitrogens is 2. The summed E-state index contributed by atoms with van der Waals surface area (Å²) >= 11 is 0. The lowest BCUT2D eigenvalue weighted by Crippen LogP contribution is -2.13. The molecule has 0 amide bonds. The van der Waals surface area contributed by atoms with Gasteiger partial charge in [-0.1, -0.05) is 36.8 Å². The lowest BCUT2D eigenvalue weighted by molar-refractivity contribution is 1.01. The lowest BCUT2D eigenvalue weighted by atomic mass is 9.92.